The van der Waals surface area contributed by atoms with Crippen molar-refractivity contribution in [3.63, 3.8) is 0 Å². The van der Waals surface area contributed by atoms with Crippen molar-refractivity contribution in [1.29, 1.82) is 0 Å². The van der Waals surface area contributed by atoms with Gasteiger partial charge in [0, 0.05) is 6.04 Å². The smallest absolute Gasteiger partial charge is 0.337 e. The highest BCUT2D eigenvalue weighted by molar-refractivity contribution is 6.09. The Balaban J connectivity index is 1.43. The van der Waals surface area contributed by atoms with Gasteiger partial charge < -0.3 is 14.9 Å². The van der Waals surface area contributed by atoms with E-state index in [0.717, 1.165) is 16.0 Å². The lowest BCUT2D eigenvalue weighted by atomic mass is 9.79. The summed E-state index contributed by atoms with van der Waals surface area (Å²) in [5.41, 5.74) is 1.46. The number of ether oxygens (including phenoxy) is 1. The number of hydrogen-bond acceptors (Lipinski definition) is 7. The molecule has 2 aliphatic heterocycles. The van der Waals surface area contributed by atoms with Crippen LogP contribution < -0.4 is 5.32 Å². The van der Waals surface area contributed by atoms with E-state index >= 15 is 0 Å². The maximum atomic E-state index is 13.7. The third kappa shape index (κ3) is 4.70. The van der Waals surface area contributed by atoms with Gasteiger partial charge in [-0.15, -0.1) is 0 Å². The Labute approximate surface area is 230 Å². The molecule has 3 aromatic rings. The van der Waals surface area contributed by atoms with Gasteiger partial charge in [-0.25, -0.2) is 4.79 Å². The first kappa shape index (κ1) is 27.0. The fourth-order valence-electron chi connectivity index (χ4n) is 5.53. The number of fused-ring (bicyclic) bond motifs is 1. The number of carboxylic acid groups (broad SMARTS) is 1. The first-order chi connectivity index (χ1) is 19.3. The molecule has 0 saturated carbocycles. The summed E-state index contributed by atoms with van der Waals surface area (Å²) in [5, 5.41) is 23.3. The molecule has 3 aromatic carbocycles. The Kier molecular flexibility index (Phi) is 7.34. The summed E-state index contributed by atoms with van der Waals surface area (Å²) >= 11 is 0. The van der Waals surface area contributed by atoms with Gasteiger partial charge in [0.2, 0.25) is 11.8 Å². The number of nitrogens with zero attached hydrogens (tertiary/aromatic N) is 1. The van der Waals surface area contributed by atoms with Crippen LogP contribution in [0.4, 0.5) is 0 Å². The molecule has 9 heteroatoms. The topological polar surface area (TPSA) is 133 Å². The normalized spacial score (nSPS) is 23.9. The molecule has 2 aliphatic rings. The number of nitrogens with one attached hydrogen (secondary N) is 1. The predicted octanol–water partition coefficient (Wildman–Crippen LogP) is 2.90. The number of amides is 2. The average molecular weight is 541 g/mol. The molecule has 4 atom stereocenters. The molecular weight excluding hydrogens is 512 g/mol. The summed E-state index contributed by atoms with van der Waals surface area (Å²) in [4.78, 5) is 52.4. The summed E-state index contributed by atoms with van der Waals surface area (Å²) in [6.07, 6.45) is 3.91. The summed E-state index contributed by atoms with van der Waals surface area (Å²) in [6.45, 7) is -0.957. The summed E-state index contributed by atoms with van der Waals surface area (Å²) < 4.78 is 4.70. The van der Waals surface area contributed by atoms with Crippen LogP contribution in [-0.4, -0.2) is 58.1 Å². The molecule has 2 heterocycles. The molecule has 204 valence electrons. The van der Waals surface area contributed by atoms with E-state index in [-0.39, 0.29) is 6.54 Å². The van der Waals surface area contributed by atoms with E-state index < -0.39 is 53.8 Å². The SMILES string of the molecule is COC(=O)c1ccc(CN2C(=O)C3C(c4ccc(C=Cc5ccccc5)cc4)NC(CO)(C(=O)O)C3C2=O)cc1. The largest absolute Gasteiger partial charge is 0.480 e. The van der Waals surface area contributed by atoms with Gasteiger partial charge in [-0.1, -0.05) is 78.9 Å². The maximum Gasteiger partial charge on any atom is 0.337 e. The zero-order valence-corrected chi connectivity index (χ0v) is 21.7. The van der Waals surface area contributed by atoms with Gasteiger partial charge >= 0.3 is 11.9 Å². The molecule has 0 aliphatic carbocycles. The monoisotopic (exact) mass is 540 g/mol. The second-order valence-corrected chi connectivity index (χ2v) is 9.92. The van der Waals surface area contributed by atoms with Gasteiger partial charge in [0.25, 0.3) is 0 Å². The summed E-state index contributed by atoms with van der Waals surface area (Å²) in [6, 6.07) is 22.6. The van der Waals surface area contributed by atoms with Crippen LogP contribution in [0.5, 0.6) is 0 Å². The number of imide groups is 1. The number of methoxy groups -OCH3 is 1. The lowest BCUT2D eigenvalue weighted by Gasteiger charge is -2.29. The van der Waals surface area contributed by atoms with E-state index in [2.05, 4.69) is 5.32 Å². The molecule has 0 radical (unpaired) electrons. The average Bonchev–Trinajstić information content (AvgIpc) is 3.47. The zero-order chi connectivity index (χ0) is 28.4. The maximum absolute atomic E-state index is 13.7. The van der Waals surface area contributed by atoms with Crippen molar-refractivity contribution in [3.05, 3.63) is 107 Å². The molecule has 2 amide bonds. The fourth-order valence-corrected chi connectivity index (χ4v) is 5.53. The number of hydrogen-bond donors (Lipinski definition) is 3. The highest BCUT2D eigenvalue weighted by Crippen LogP contribution is 2.49. The van der Waals surface area contributed by atoms with E-state index in [0.29, 0.717) is 16.7 Å². The van der Waals surface area contributed by atoms with Crippen LogP contribution in [0.2, 0.25) is 0 Å². The molecule has 3 N–H and O–H groups in total. The molecule has 0 spiro atoms. The van der Waals surface area contributed by atoms with Gasteiger partial charge in [0.05, 0.1) is 37.7 Å². The Hall–Kier alpha value is -4.60. The highest BCUT2D eigenvalue weighted by Gasteiger charge is 2.68. The van der Waals surface area contributed by atoms with E-state index in [4.69, 9.17) is 4.74 Å². The number of aliphatic hydroxyl groups excluding tert-OH is 1. The summed E-state index contributed by atoms with van der Waals surface area (Å²) in [5.74, 6) is -5.41. The number of aliphatic hydroxyl groups is 1. The number of rotatable bonds is 8. The molecule has 40 heavy (non-hydrogen) atoms. The van der Waals surface area contributed by atoms with Crippen LogP contribution in [0.1, 0.15) is 38.7 Å². The van der Waals surface area contributed by atoms with E-state index in [9.17, 15) is 29.4 Å². The van der Waals surface area contributed by atoms with Crippen LogP contribution in [0.3, 0.4) is 0 Å². The number of benzene rings is 3. The first-order valence-electron chi connectivity index (χ1n) is 12.8. The van der Waals surface area contributed by atoms with Crippen molar-refractivity contribution < 1.29 is 34.1 Å². The number of likely N-dealkylation sites (tertiary alicyclic amines) is 1. The van der Waals surface area contributed by atoms with Gasteiger partial charge in [-0.3, -0.25) is 24.6 Å². The van der Waals surface area contributed by atoms with Crippen molar-refractivity contribution in [1.82, 2.24) is 10.2 Å². The van der Waals surface area contributed by atoms with E-state index in [1.165, 1.54) is 19.2 Å². The van der Waals surface area contributed by atoms with Crippen LogP contribution in [0.25, 0.3) is 12.2 Å². The van der Waals surface area contributed by atoms with Gasteiger partial charge in [-0.05, 0) is 34.4 Å². The van der Waals surface area contributed by atoms with E-state index in [1.54, 1.807) is 24.3 Å². The molecule has 0 aromatic heterocycles. The zero-order valence-electron chi connectivity index (χ0n) is 21.7. The van der Waals surface area contributed by atoms with Gasteiger partial charge in [0.15, 0.2) is 5.54 Å². The molecule has 4 unspecified atom stereocenters. The van der Waals surface area contributed by atoms with Crippen LogP contribution in [0.15, 0.2) is 78.9 Å². The molecule has 9 nitrogen and oxygen atoms in total. The predicted molar refractivity (Wildman–Crippen MR) is 145 cm³/mol. The Bertz CT molecular complexity index is 1470. The van der Waals surface area contributed by atoms with Gasteiger partial charge in [0.1, 0.15) is 0 Å². The fraction of sp³-hybridized carbons (Fsp3) is 0.226. The third-order valence-electron chi connectivity index (χ3n) is 7.66. The van der Waals surface area contributed by atoms with Crippen molar-refractivity contribution in [3.8, 4) is 0 Å². The number of aliphatic carboxylic acids is 1. The van der Waals surface area contributed by atoms with Crippen molar-refractivity contribution in [2.24, 2.45) is 11.8 Å². The second kappa shape index (κ2) is 10.9. The summed E-state index contributed by atoms with van der Waals surface area (Å²) in [7, 11) is 1.27. The van der Waals surface area contributed by atoms with Crippen LogP contribution in [-0.2, 0) is 25.7 Å². The third-order valence-corrected chi connectivity index (χ3v) is 7.66. The standard InChI is InChI=1S/C31H28N2O7/c1-40-29(37)23-15-11-21(12-16-23)17-33-27(35)24-25(28(33)36)31(18-34,30(38)39)32-26(24)22-13-9-20(10-14-22)8-7-19-5-3-2-4-6-19/h2-16,24-26,32,34H,17-18H2,1H3,(H,38,39). The molecule has 2 fully saturated rings. The Morgan fingerprint density at radius 1 is 0.925 bits per heavy atom. The Morgan fingerprint density at radius 3 is 2.12 bits per heavy atom. The van der Waals surface area contributed by atoms with Crippen LogP contribution >= 0.6 is 0 Å². The first-order valence-corrected chi connectivity index (χ1v) is 12.8. The molecule has 0 bridgehead atoms. The Morgan fingerprint density at radius 2 is 1.55 bits per heavy atom. The van der Waals surface area contributed by atoms with Crippen molar-refractivity contribution >= 4 is 35.9 Å². The lowest BCUT2D eigenvalue weighted by molar-refractivity contribution is -0.153. The quantitative estimate of drug-likeness (QED) is 0.226. The minimum Gasteiger partial charge on any atom is -0.480 e. The van der Waals surface area contributed by atoms with E-state index in [1.807, 2.05) is 54.6 Å². The van der Waals surface area contributed by atoms with Crippen molar-refractivity contribution in [2.45, 2.75) is 18.1 Å². The van der Waals surface area contributed by atoms with Gasteiger partial charge in [-0.2, -0.15) is 0 Å². The van der Waals surface area contributed by atoms with Crippen molar-refractivity contribution in [2.75, 3.05) is 13.7 Å². The minimum atomic E-state index is -2.02. The molecular formula is C31H28N2O7. The minimum absolute atomic E-state index is 0.0941. The number of esters is 1. The lowest BCUT2D eigenvalue weighted by Crippen LogP contribution is -2.58. The molecule has 2 saturated heterocycles. The number of carboxylic acids is 1. The number of carbonyl (C=O) groups excluding carboxylic acids is 3. The highest BCUT2D eigenvalue weighted by atomic mass is 16.5. The van der Waals surface area contributed by atoms with Crippen LogP contribution in [0, 0.1) is 11.8 Å². The molecule has 5 rings (SSSR count). The number of carbonyl (C=O) groups is 4. The second-order valence-electron chi connectivity index (χ2n) is 9.92.